The van der Waals surface area contributed by atoms with Crippen molar-refractivity contribution in [1.29, 1.82) is 0 Å². The van der Waals surface area contributed by atoms with Crippen molar-refractivity contribution in [2.45, 2.75) is 26.7 Å². The Bertz CT molecular complexity index is 181. The van der Waals surface area contributed by atoms with Gasteiger partial charge in [-0.15, -0.1) is 11.6 Å². The smallest absolute Gasteiger partial charge is 0.0701 e. The minimum absolute atomic E-state index is 0.227. The van der Waals surface area contributed by atoms with E-state index in [9.17, 15) is 0 Å². The molecule has 5 heteroatoms. The molecule has 0 aromatic heterocycles. The Hall–Kier alpha value is 0.130. The van der Waals surface area contributed by atoms with Gasteiger partial charge in [-0.3, -0.25) is 0 Å². The van der Waals surface area contributed by atoms with Crippen molar-refractivity contribution in [1.82, 2.24) is 5.32 Å². The molecule has 0 atom stereocenters. The predicted molar refractivity (Wildman–Crippen MR) is 80.1 cm³/mol. The molecule has 0 saturated carbocycles. The molecule has 0 fully saturated rings. The molecule has 0 aliphatic rings. The van der Waals surface area contributed by atoms with E-state index < -0.39 is 0 Å². The first-order valence-corrected chi connectivity index (χ1v) is 7.69. The zero-order chi connectivity index (χ0) is 14.4. The van der Waals surface area contributed by atoms with Gasteiger partial charge in [0.25, 0.3) is 0 Å². The molecule has 19 heavy (non-hydrogen) atoms. The standard InChI is InChI=1S/C14H30ClNO3/c1-4-14(5-2,12-15)13-16-6-7-18-10-11-19-9-8-17-3/h16H,4-13H2,1-3H3. The van der Waals surface area contributed by atoms with Gasteiger partial charge in [0.05, 0.1) is 33.0 Å². The molecule has 0 heterocycles. The number of nitrogens with one attached hydrogen (secondary N) is 1. The number of ether oxygens (including phenoxy) is 3. The lowest BCUT2D eigenvalue weighted by Gasteiger charge is -2.29. The fourth-order valence-electron chi connectivity index (χ4n) is 1.70. The van der Waals surface area contributed by atoms with Gasteiger partial charge < -0.3 is 19.5 Å². The number of hydrogen-bond donors (Lipinski definition) is 1. The van der Waals surface area contributed by atoms with Crippen LogP contribution in [0.1, 0.15) is 26.7 Å². The van der Waals surface area contributed by atoms with Crippen LogP contribution in [0.15, 0.2) is 0 Å². The third-order valence-corrected chi connectivity index (χ3v) is 4.08. The van der Waals surface area contributed by atoms with E-state index in [1.807, 2.05) is 0 Å². The fraction of sp³-hybridized carbons (Fsp3) is 1.00. The summed E-state index contributed by atoms with van der Waals surface area (Å²) in [4.78, 5) is 0. The molecule has 0 spiro atoms. The maximum atomic E-state index is 6.05. The van der Waals surface area contributed by atoms with E-state index in [0.717, 1.165) is 25.9 Å². The topological polar surface area (TPSA) is 39.7 Å². The predicted octanol–water partition coefficient (Wildman–Crippen LogP) is 2.30. The maximum Gasteiger partial charge on any atom is 0.0701 e. The molecule has 0 saturated heterocycles. The van der Waals surface area contributed by atoms with E-state index >= 15 is 0 Å². The summed E-state index contributed by atoms with van der Waals surface area (Å²) in [5.74, 6) is 0.710. The fourth-order valence-corrected chi connectivity index (χ4v) is 2.17. The summed E-state index contributed by atoms with van der Waals surface area (Å²) in [6.07, 6.45) is 2.21. The molecule has 0 rings (SSSR count). The van der Waals surface area contributed by atoms with Crippen molar-refractivity contribution in [2.75, 3.05) is 59.1 Å². The van der Waals surface area contributed by atoms with Crippen LogP contribution < -0.4 is 5.32 Å². The van der Waals surface area contributed by atoms with Crippen LogP contribution in [0, 0.1) is 5.41 Å². The van der Waals surface area contributed by atoms with Gasteiger partial charge in [0.1, 0.15) is 0 Å². The monoisotopic (exact) mass is 295 g/mol. The highest BCUT2D eigenvalue weighted by molar-refractivity contribution is 6.18. The van der Waals surface area contributed by atoms with Crippen molar-refractivity contribution in [3.8, 4) is 0 Å². The third kappa shape index (κ3) is 9.63. The molecule has 0 unspecified atom stereocenters. The van der Waals surface area contributed by atoms with E-state index in [2.05, 4.69) is 19.2 Å². The summed E-state index contributed by atoms with van der Waals surface area (Å²) >= 11 is 6.05. The SMILES string of the molecule is CCC(CC)(CCl)CNCCOCCOCCOC. The summed E-state index contributed by atoms with van der Waals surface area (Å²) < 4.78 is 15.6. The summed E-state index contributed by atoms with van der Waals surface area (Å²) in [6.45, 7) is 9.43. The highest BCUT2D eigenvalue weighted by atomic mass is 35.5. The minimum Gasteiger partial charge on any atom is -0.382 e. The molecule has 0 bridgehead atoms. The minimum atomic E-state index is 0.227. The molecule has 0 aromatic carbocycles. The molecule has 0 aliphatic carbocycles. The van der Waals surface area contributed by atoms with Gasteiger partial charge in [-0.1, -0.05) is 13.8 Å². The van der Waals surface area contributed by atoms with Crippen LogP contribution >= 0.6 is 11.6 Å². The lowest BCUT2D eigenvalue weighted by atomic mass is 9.84. The highest BCUT2D eigenvalue weighted by Gasteiger charge is 2.24. The van der Waals surface area contributed by atoms with Crippen LogP contribution in [0.5, 0.6) is 0 Å². The van der Waals surface area contributed by atoms with E-state index in [4.69, 9.17) is 25.8 Å². The molecule has 0 aliphatic heterocycles. The Balaban J connectivity index is 3.35. The normalized spacial score (nSPS) is 12.0. The van der Waals surface area contributed by atoms with Gasteiger partial charge in [0, 0.05) is 26.1 Å². The molecule has 116 valence electrons. The third-order valence-electron chi connectivity index (χ3n) is 3.51. The number of halogens is 1. The van der Waals surface area contributed by atoms with Crippen LogP contribution in [0.3, 0.4) is 0 Å². The van der Waals surface area contributed by atoms with Gasteiger partial charge in [-0.25, -0.2) is 0 Å². The van der Waals surface area contributed by atoms with Crippen molar-refractivity contribution in [3.63, 3.8) is 0 Å². The summed E-state index contributed by atoms with van der Waals surface area (Å²) in [5.41, 5.74) is 0.227. The van der Waals surface area contributed by atoms with Crippen molar-refractivity contribution in [3.05, 3.63) is 0 Å². The highest BCUT2D eigenvalue weighted by Crippen LogP contribution is 2.26. The van der Waals surface area contributed by atoms with Crippen molar-refractivity contribution in [2.24, 2.45) is 5.41 Å². The lowest BCUT2D eigenvalue weighted by Crippen LogP contribution is -2.36. The first-order chi connectivity index (χ1) is 9.24. The van der Waals surface area contributed by atoms with E-state index in [0.29, 0.717) is 38.9 Å². The van der Waals surface area contributed by atoms with Gasteiger partial charge in [-0.05, 0) is 18.3 Å². The second-order valence-electron chi connectivity index (χ2n) is 4.74. The Morgan fingerprint density at radius 2 is 1.53 bits per heavy atom. The molecular formula is C14H30ClNO3. The molecule has 0 aromatic rings. The van der Waals surface area contributed by atoms with Gasteiger partial charge >= 0.3 is 0 Å². The van der Waals surface area contributed by atoms with Crippen LogP contribution in [0.25, 0.3) is 0 Å². The second-order valence-corrected chi connectivity index (χ2v) is 5.00. The lowest BCUT2D eigenvalue weighted by molar-refractivity contribution is 0.0252. The number of alkyl halides is 1. The number of hydrogen-bond acceptors (Lipinski definition) is 4. The molecule has 0 amide bonds. The van der Waals surface area contributed by atoms with Crippen LogP contribution in [0.2, 0.25) is 0 Å². The Morgan fingerprint density at radius 3 is 2.05 bits per heavy atom. The van der Waals surface area contributed by atoms with Crippen LogP contribution in [0.4, 0.5) is 0 Å². The van der Waals surface area contributed by atoms with E-state index in [-0.39, 0.29) is 5.41 Å². The number of methoxy groups -OCH3 is 1. The average Bonchev–Trinajstić information content (AvgIpc) is 2.46. The Morgan fingerprint density at radius 1 is 0.947 bits per heavy atom. The van der Waals surface area contributed by atoms with Gasteiger partial charge in [-0.2, -0.15) is 0 Å². The zero-order valence-corrected chi connectivity index (χ0v) is 13.4. The first-order valence-electron chi connectivity index (χ1n) is 7.15. The molecule has 1 N–H and O–H groups in total. The molecule has 4 nitrogen and oxygen atoms in total. The number of rotatable bonds is 14. The van der Waals surface area contributed by atoms with Crippen molar-refractivity contribution < 1.29 is 14.2 Å². The Kier molecular flexibility index (Phi) is 13.2. The molecule has 0 radical (unpaired) electrons. The summed E-state index contributed by atoms with van der Waals surface area (Å²) in [6, 6.07) is 0. The van der Waals surface area contributed by atoms with Crippen molar-refractivity contribution >= 4 is 11.6 Å². The largest absolute Gasteiger partial charge is 0.382 e. The average molecular weight is 296 g/mol. The molecular weight excluding hydrogens is 266 g/mol. The quantitative estimate of drug-likeness (QED) is 0.394. The van der Waals surface area contributed by atoms with Crippen LogP contribution in [-0.2, 0) is 14.2 Å². The maximum absolute atomic E-state index is 6.05. The second kappa shape index (κ2) is 13.1. The van der Waals surface area contributed by atoms with Gasteiger partial charge in [0.15, 0.2) is 0 Å². The van der Waals surface area contributed by atoms with Crippen LogP contribution in [-0.4, -0.2) is 59.1 Å². The van der Waals surface area contributed by atoms with E-state index in [1.54, 1.807) is 7.11 Å². The first kappa shape index (κ1) is 19.1. The Labute approximate surface area is 123 Å². The summed E-state index contributed by atoms with van der Waals surface area (Å²) in [7, 11) is 1.67. The van der Waals surface area contributed by atoms with E-state index in [1.165, 1.54) is 0 Å². The zero-order valence-electron chi connectivity index (χ0n) is 12.7. The summed E-state index contributed by atoms with van der Waals surface area (Å²) in [5, 5.41) is 3.42. The van der Waals surface area contributed by atoms with Gasteiger partial charge in [0.2, 0.25) is 0 Å².